The van der Waals surface area contributed by atoms with E-state index in [-0.39, 0.29) is 17.9 Å². The van der Waals surface area contributed by atoms with Crippen LogP contribution in [0, 0.1) is 17.1 Å². The van der Waals surface area contributed by atoms with Gasteiger partial charge in [-0.15, -0.1) is 0 Å². The number of carbonyl (C=O) groups is 1. The van der Waals surface area contributed by atoms with E-state index < -0.39 is 17.3 Å². The van der Waals surface area contributed by atoms with Crippen LogP contribution in [0.1, 0.15) is 36.5 Å². The zero-order valence-electron chi connectivity index (χ0n) is 17.6. The van der Waals surface area contributed by atoms with E-state index in [0.29, 0.717) is 25.6 Å². The number of nitriles is 1. The first-order valence-electron chi connectivity index (χ1n) is 10.5. The third kappa shape index (κ3) is 4.13. The number of hydrazine groups is 1. The highest BCUT2D eigenvalue weighted by Crippen LogP contribution is 2.34. The Balaban J connectivity index is 1.70. The van der Waals surface area contributed by atoms with E-state index in [1.807, 2.05) is 35.3 Å². The summed E-state index contributed by atoms with van der Waals surface area (Å²) in [7, 11) is 0. The van der Waals surface area contributed by atoms with Crippen molar-refractivity contribution in [2.24, 2.45) is 0 Å². The molecule has 0 radical (unpaired) electrons. The standard InChI is InChI=1S/C25H22F3N3O/c1-25(27,28)22-15-19(26)10-8-17(22)14-24(32)31-13-5-4-12-30(31)23-11-9-18(16-29)20-6-2-3-7-21(20)23/h2-3,6-11,15H,4-5,12-14H2,1H3. The van der Waals surface area contributed by atoms with Crippen LogP contribution in [0.4, 0.5) is 18.9 Å². The van der Waals surface area contributed by atoms with E-state index in [2.05, 4.69) is 6.07 Å². The molecule has 1 aliphatic heterocycles. The second-order valence-corrected chi connectivity index (χ2v) is 8.00. The summed E-state index contributed by atoms with van der Waals surface area (Å²) in [5, 5.41) is 14.5. The van der Waals surface area contributed by atoms with Crippen molar-refractivity contribution in [3.63, 3.8) is 0 Å². The van der Waals surface area contributed by atoms with Gasteiger partial charge in [-0.3, -0.25) is 14.8 Å². The highest BCUT2D eigenvalue weighted by atomic mass is 19.3. The smallest absolute Gasteiger partial charge is 0.270 e. The molecule has 32 heavy (non-hydrogen) atoms. The maximum Gasteiger partial charge on any atom is 0.270 e. The van der Waals surface area contributed by atoms with Gasteiger partial charge in [-0.05, 0) is 42.7 Å². The third-order valence-corrected chi connectivity index (χ3v) is 5.76. The lowest BCUT2D eigenvalue weighted by atomic mass is 9.99. The van der Waals surface area contributed by atoms with Crippen LogP contribution in [0.15, 0.2) is 54.6 Å². The number of amides is 1. The van der Waals surface area contributed by atoms with Crippen molar-refractivity contribution in [2.75, 3.05) is 18.1 Å². The molecule has 7 heteroatoms. The molecule has 3 aromatic rings. The molecule has 1 amide bonds. The summed E-state index contributed by atoms with van der Waals surface area (Å²) in [4.78, 5) is 13.3. The molecular weight excluding hydrogens is 415 g/mol. The summed E-state index contributed by atoms with van der Waals surface area (Å²) in [5.74, 6) is -4.36. The molecule has 164 valence electrons. The van der Waals surface area contributed by atoms with Crippen molar-refractivity contribution in [3.8, 4) is 6.07 Å². The lowest BCUT2D eigenvalue weighted by molar-refractivity contribution is -0.132. The van der Waals surface area contributed by atoms with E-state index >= 15 is 0 Å². The first kappa shape index (κ1) is 21.7. The largest absolute Gasteiger partial charge is 0.282 e. The van der Waals surface area contributed by atoms with Gasteiger partial charge in [0.05, 0.1) is 23.7 Å². The summed E-state index contributed by atoms with van der Waals surface area (Å²) in [6.45, 7) is 1.74. The van der Waals surface area contributed by atoms with E-state index in [4.69, 9.17) is 0 Å². The number of fused-ring (bicyclic) bond motifs is 1. The van der Waals surface area contributed by atoms with Crippen LogP contribution in [0.2, 0.25) is 0 Å². The van der Waals surface area contributed by atoms with Crippen LogP contribution < -0.4 is 5.01 Å². The van der Waals surface area contributed by atoms with E-state index in [1.54, 1.807) is 11.1 Å². The molecule has 0 spiro atoms. The number of hydrogen-bond acceptors (Lipinski definition) is 3. The van der Waals surface area contributed by atoms with Crippen molar-refractivity contribution in [3.05, 3.63) is 77.1 Å². The van der Waals surface area contributed by atoms with Gasteiger partial charge in [-0.2, -0.15) is 5.26 Å². The number of hydrogen-bond donors (Lipinski definition) is 0. The van der Waals surface area contributed by atoms with Gasteiger partial charge >= 0.3 is 0 Å². The highest BCUT2D eigenvalue weighted by molar-refractivity contribution is 5.98. The predicted octanol–water partition coefficient (Wildman–Crippen LogP) is 5.55. The number of carbonyl (C=O) groups excluding carboxylic acids is 1. The van der Waals surface area contributed by atoms with Gasteiger partial charge in [-0.25, -0.2) is 13.2 Å². The molecule has 3 aromatic carbocycles. The molecule has 0 bridgehead atoms. The van der Waals surface area contributed by atoms with Gasteiger partial charge < -0.3 is 0 Å². The van der Waals surface area contributed by atoms with Crippen molar-refractivity contribution >= 4 is 22.4 Å². The van der Waals surface area contributed by atoms with Crippen LogP contribution in [0.3, 0.4) is 0 Å². The predicted molar refractivity (Wildman–Crippen MR) is 117 cm³/mol. The number of benzene rings is 3. The molecule has 0 saturated carbocycles. The first-order chi connectivity index (χ1) is 15.3. The monoisotopic (exact) mass is 437 g/mol. The van der Waals surface area contributed by atoms with Crippen molar-refractivity contribution in [2.45, 2.75) is 32.1 Å². The second kappa shape index (κ2) is 8.54. The minimum atomic E-state index is -3.26. The molecular formula is C25H22F3N3O. The molecule has 0 atom stereocenters. The Morgan fingerprint density at radius 1 is 1.06 bits per heavy atom. The number of rotatable bonds is 4. The quantitative estimate of drug-likeness (QED) is 0.538. The maximum atomic E-state index is 14.0. The Labute approximate surface area is 184 Å². The molecule has 4 rings (SSSR count). The van der Waals surface area contributed by atoms with Gasteiger partial charge in [-0.1, -0.05) is 30.3 Å². The van der Waals surface area contributed by atoms with E-state index in [9.17, 15) is 23.2 Å². The van der Waals surface area contributed by atoms with Crippen LogP contribution in [-0.4, -0.2) is 24.0 Å². The zero-order valence-corrected chi connectivity index (χ0v) is 17.6. The Bertz CT molecular complexity index is 1210. The fourth-order valence-corrected chi connectivity index (χ4v) is 4.25. The van der Waals surface area contributed by atoms with Crippen molar-refractivity contribution in [1.29, 1.82) is 5.26 Å². The maximum absolute atomic E-state index is 14.0. The van der Waals surface area contributed by atoms with Gasteiger partial charge in [0.25, 0.3) is 5.92 Å². The fraction of sp³-hybridized carbons (Fsp3) is 0.280. The first-order valence-corrected chi connectivity index (χ1v) is 10.5. The molecule has 1 aliphatic rings. The summed E-state index contributed by atoms with van der Waals surface area (Å²) in [6.07, 6.45) is 1.40. The fourth-order valence-electron chi connectivity index (χ4n) is 4.25. The molecule has 0 N–H and O–H groups in total. The van der Waals surface area contributed by atoms with Crippen LogP contribution >= 0.6 is 0 Å². The number of halogens is 3. The summed E-state index contributed by atoms with van der Waals surface area (Å²) in [5.41, 5.74) is 0.963. The lowest BCUT2D eigenvalue weighted by Crippen LogP contribution is -2.51. The minimum Gasteiger partial charge on any atom is -0.282 e. The minimum absolute atomic E-state index is 0.110. The van der Waals surface area contributed by atoms with Gasteiger partial charge in [0.1, 0.15) is 5.82 Å². The topological polar surface area (TPSA) is 47.3 Å². The average Bonchev–Trinajstić information content (AvgIpc) is 2.78. The van der Waals surface area contributed by atoms with E-state index in [1.165, 1.54) is 6.07 Å². The Morgan fingerprint density at radius 2 is 1.78 bits per heavy atom. The molecule has 1 fully saturated rings. The molecule has 0 aromatic heterocycles. The normalized spacial score (nSPS) is 14.5. The molecule has 1 saturated heterocycles. The van der Waals surface area contributed by atoms with Gasteiger partial charge in [0.15, 0.2) is 0 Å². The number of alkyl halides is 2. The van der Waals surface area contributed by atoms with Crippen LogP contribution in [-0.2, 0) is 17.1 Å². The molecule has 4 nitrogen and oxygen atoms in total. The van der Waals surface area contributed by atoms with Gasteiger partial charge in [0, 0.05) is 36.3 Å². The SMILES string of the molecule is CC(F)(F)c1cc(F)ccc1CC(=O)N1CCCCN1c1ccc(C#N)c2ccccc12. The zero-order chi connectivity index (χ0) is 22.9. The van der Waals surface area contributed by atoms with Gasteiger partial charge in [0.2, 0.25) is 5.91 Å². The molecule has 0 unspecified atom stereocenters. The summed E-state index contributed by atoms with van der Waals surface area (Å²) < 4.78 is 41.7. The third-order valence-electron chi connectivity index (χ3n) is 5.76. The Kier molecular flexibility index (Phi) is 5.79. The van der Waals surface area contributed by atoms with Crippen LogP contribution in [0.5, 0.6) is 0 Å². The number of nitrogens with zero attached hydrogens (tertiary/aromatic N) is 3. The second-order valence-electron chi connectivity index (χ2n) is 8.00. The molecule has 1 heterocycles. The van der Waals surface area contributed by atoms with E-state index in [0.717, 1.165) is 41.4 Å². The van der Waals surface area contributed by atoms with Crippen LogP contribution in [0.25, 0.3) is 10.8 Å². The Morgan fingerprint density at radius 3 is 2.50 bits per heavy atom. The summed E-state index contributed by atoms with van der Waals surface area (Å²) in [6, 6.07) is 16.4. The van der Waals surface area contributed by atoms with Crippen molar-refractivity contribution in [1.82, 2.24) is 5.01 Å². The Hall–Kier alpha value is -3.53. The number of anilines is 1. The molecule has 0 aliphatic carbocycles. The lowest BCUT2D eigenvalue weighted by Gasteiger charge is -2.41. The van der Waals surface area contributed by atoms with Crippen molar-refractivity contribution < 1.29 is 18.0 Å². The highest BCUT2D eigenvalue weighted by Gasteiger charge is 2.31. The average molecular weight is 437 g/mol. The summed E-state index contributed by atoms with van der Waals surface area (Å²) >= 11 is 0.